The summed E-state index contributed by atoms with van der Waals surface area (Å²) in [6, 6.07) is 5.78. The quantitative estimate of drug-likeness (QED) is 0.258. The first-order valence-corrected chi connectivity index (χ1v) is 7.20. The summed E-state index contributed by atoms with van der Waals surface area (Å²) in [7, 11) is 0. The highest BCUT2D eigenvalue weighted by Crippen LogP contribution is 2.13. The Kier molecular flexibility index (Phi) is 12.1. The molecule has 5 nitrogen and oxygen atoms in total. The number of rotatable bonds is 8. The lowest BCUT2D eigenvalue weighted by atomic mass is 10.1. The number of nitrogens with one attached hydrogen (secondary N) is 2. The van der Waals surface area contributed by atoms with E-state index in [9.17, 15) is 9.50 Å². The van der Waals surface area contributed by atoms with Crippen LogP contribution in [0.3, 0.4) is 0 Å². The molecule has 0 aromatic heterocycles. The van der Waals surface area contributed by atoms with Crippen molar-refractivity contribution < 1.29 is 14.2 Å². The lowest BCUT2D eigenvalue weighted by Crippen LogP contribution is -2.39. The van der Waals surface area contributed by atoms with Gasteiger partial charge in [-0.05, 0) is 31.5 Å². The van der Waals surface area contributed by atoms with E-state index in [0.717, 1.165) is 6.54 Å². The van der Waals surface area contributed by atoms with E-state index in [1.807, 2.05) is 13.8 Å². The van der Waals surface area contributed by atoms with Crippen LogP contribution in [-0.2, 0) is 4.74 Å². The van der Waals surface area contributed by atoms with Crippen LogP contribution in [-0.4, -0.2) is 43.9 Å². The van der Waals surface area contributed by atoms with Crippen molar-refractivity contribution in [1.29, 1.82) is 0 Å². The fraction of sp³-hybridized carbons (Fsp3) is 0.533. The molecule has 0 spiro atoms. The van der Waals surface area contributed by atoms with Crippen LogP contribution in [0.1, 0.15) is 25.5 Å². The van der Waals surface area contributed by atoms with Crippen molar-refractivity contribution in [3.8, 4) is 0 Å². The summed E-state index contributed by atoms with van der Waals surface area (Å²) in [6.45, 7) is 6.77. The number of benzene rings is 1. The van der Waals surface area contributed by atoms with Crippen LogP contribution in [0, 0.1) is 5.82 Å². The maximum atomic E-state index is 12.8. The molecule has 0 saturated heterocycles. The third kappa shape index (κ3) is 8.50. The molecule has 0 aliphatic heterocycles. The number of hydrogen-bond donors (Lipinski definition) is 3. The average Bonchev–Trinajstić information content (AvgIpc) is 2.49. The van der Waals surface area contributed by atoms with Gasteiger partial charge in [-0.25, -0.2) is 4.39 Å². The van der Waals surface area contributed by atoms with Gasteiger partial charge in [-0.3, -0.25) is 4.99 Å². The second-order valence-corrected chi connectivity index (χ2v) is 4.41. The van der Waals surface area contributed by atoms with E-state index in [1.54, 1.807) is 12.1 Å². The van der Waals surface area contributed by atoms with E-state index >= 15 is 0 Å². The molecule has 22 heavy (non-hydrogen) atoms. The van der Waals surface area contributed by atoms with Crippen LogP contribution in [0.5, 0.6) is 0 Å². The highest BCUT2D eigenvalue weighted by Gasteiger charge is 2.07. The van der Waals surface area contributed by atoms with E-state index in [-0.39, 0.29) is 36.3 Å². The highest BCUT2D eigenvalue weighted by molar-refractivity contribution is 14.0. The summed E-state index contributed by atoms with van der Waals surface area (Å²) in [5.41, 5.74) is 0.644. The predicted molar refractivity (Wildman–Crippen MR) is 97.2 cm³/mol. The molecule has 0 saturated carbocycles. The van der Waals surface area contributed by atoms with Crippen molar-refractivity contribution in [2.45, 2.75) is 20.0 Å². The molecule has 0 heterocycles. The molecule has 1 aromatic carbocycles. The van der Waals surface area contributed by atoms with E-state index in [2.05, 4.69) is 15.6 Å². The Morgan fingerprint density at radius 1 is 1.27 bits per heavy atom. The monoisotopic (exact) mass is 425 g/mol. The first-order valence-electron chi connectivity index (χ1n) is 7.20. The molecule has 1 unspecified atom stereocenters. The molecule has 1 aromatic rings. The molecule has 0 aliphatic carbocycles. The Balaban J connectivity index is 0.00000441. The van der Waals surface area contributed by atoms with Crippen molar-refractivity contribution in [2.75, 3.05) is 32.8 Å². The van der Waals surface area contributed by atoms with Gasteiger partial charge in [0.05, 0.1) is 19.3 Å². The fourth-order valence-corrected chi connectivity index (χ4v) is 1.70. The first kappa shape index (κ1) is 21.1. The Morgan fingerprint density at radius 3 is 2.55 bits per heavy atom. The van der Waals surface area contributed by atoms with Gasteiger partial charge in [-0.2, -0.15) is 0 Å². The SMILES string of the molecule is CCNC(=NCC(O)c1ccc(F)cc1)NCCOCC.I. The van der Waals surface area contributed by atoms with Crippen LogP contribution in [0.4, 0.5) is 4.39 Å². The summed E-state index contributed by atoms with van der Waals surface area (Å²) in [4.78, 5) is 4.30. The third-order valence-electron chi connectivity index (χ3n) is 2.76. The van der Waals surface area contributed by atoms with Crippen LogP contribution >= 0.6 is 24.0 Å². The molecule has 0 amide bonds. The van der Waals surface area contributed by atoms with Gasteiger partial charge in [-0.1, -0.05) is 12.1 Å². The number of hydrogen-bond acceptors (Lipinski definition) is 3. The zero-order chi connectivity index (χ0) is 15.5. The van der Waals surface area contributed by atoms with Crippen molar-refractivity contribution in [2.24, 2.45) is 4.99 Å². The minimum Gasteiger partial charge on any atom is -0.386 e. The number of halogens is 2. The van der Waals surface area contributed by atoms with Gasteiger partial charge in [-0.15, -0.1) is 24.0 Å². The zero-order valence-electron chi connectivity index (χ0n) is 13.0. The molecule has 0 radical (unpaired) electrons. The molecule has 0 fully saturated rings. The van der Waals surface area contributed by atoms with Gasteiger partial charge in [0.15, 0.2) is 5.96 Å². The van der Waals surface area contributed by atoms with Crippen molar-refractivity contribution in [3.05, 3.63) is 35.6 Å². The fourth-order valence-electron chi connectivity index (χ4n) is 1.70. The van der Waals surface area contributed by atoms with Crippen molar-refractivity contribution in [3.63, 3.8) is 0 Å². The summed E-state index contributed by atoms with van der Waals surface area (Å²) >= 11 is 0. The summed E-state index contributed by atoms with van der Waals surface area (Å²) in [5.74, 6) is 0.304. The minimum atomic E-state index is -0.757. The topological polar surface area (TPSA) is 65.9 Å². The smallest absolute Gasteiger partial charge is 0.191 e. The van der Waals surface area contributed by atoms with E-state index in [4.69, 9.17) is 4.74 Å². The number of nitrogens with zero attached hydrogens (tertiary/aromatic N) is 1. The number of aliphatic hydroxyl groups excluding tert-OH is 1. The molecule has 0 aliphatic rings. The molecule has 3 N–H and O–H groups in total. The molecular formula is C15H25FIN3O2. The van der Waals surface area contributed by atoms with Gasteiger partial charge in [0.1, 0.15) is 5.82 Å². The second-order valence-electron chi connectivity index (χ2n) is 4.41. The van der Waals surface area contributed by atoms with Crippen molar-refractivity contribution >= 4 is 29.9 Å². The van der Waals surface area contributed by atoms with E-state index in [1.165, 1.54) is 12.1 Å². The normalized spacial score (nSPS) is 12.5. The zero-order valence-corrected chi connectivity index (χ0v) is 15.3. The Hall–Kier alpha value is -0.930. The van der Waals surface area contributed by atoms with Crippen LogP contribution < -0.4 is 10.6 Å². The van der Waals surface area contributed by atoms with Crippen LogP contribution in [0.15, 0.2) is 29.3 Å². The lowest BCUT2D eigenvalue weighted by molar-refractivity contribution is 0.152. The molecule has 0 bridgehead atoms. The van der Waals surface area contributed by atoms with Gasteiger partial charge in [0, 0.05) is 19.7 Å². The number of ether oxygens (including phenoxy) is 1. The Bertz CT molecular complexity index is 429. The lowest BCUT2D eigenvalue weighted by Gasteiger charge is -2.13. The number of aliphatic hydroxyl groups is 1. The molecule has 126 valence electrons. The Labute approximate surface area is 148 Å². The summed E-state index contributed by atoms with van der Waals surface area (Å²) in [6.07, 6.45) is -0.757. The van der Waals surface area contributed by atoms with Crippen LogP contribution in [0.2, 0.25) is 0 Å². The van der Waals surface area contributed by atoms with Gasteiger partial charge in [0.2, 0.25) is 0 Å². The highest BCUT2D eigenvalue weighted by atomic mass is 127. The molecular weight excluding hydrogens is 400 g/mol. The van der Waals surface area contributed by atoms with Gasteiger partial charge < -0.3 is 20.5 Å². The summed E-state index contributed by atoms with van der Waals surface area (Å²) < 4.78 is 18.1. The first-order chi connectivity index (χ1) is 10.2. The van der Waals surface area contributed by atoms with Crippen LogP contribution in [0.25, 0.3) is 0 Å². The minimum absolute atomic E-state index is 0. The number of guanidine groups is 1. The largest absolute Gasteiger partial charge is 0.386 e. The second kappa shape index (κ2) is 12.6. The maximum absolute atomic E-state index is 12.8. The Morgan fingerprint density at radius 2 is 1.95 bits per heavy atom. The molecule has 7 heteroatoms. The average molecular weight is 425 g/mol. The van der Waals surface area contributed by atoms with Gasteiger partial charge >= 0.3 is 0 Å². The standard InChI is InChI=1S/C15H24FN3O2.HI/c1-3-17-15(18-9-10-21-4-2)19-11-14(20)12-5-7-13(16)8-6-12;/h5-8,14,20H,3-4,9-11H2,1-2H3,(H2,17,18,19);1H. The van der Waals surface area contributed by atoms with E-state index in [0.29, 0.717) is 31.3 Å². The van der Waals surface area contributed by atoms with Gasteiger partial charge in [0.25, 0.3) is 0 Å². The third-order valence-corrected chi connectivity index (χ3v) is 2.76. The maximum Gasteiger partial charge on any atom is 0.191 e. The predicted octanol–water partition coefficient (Wildman–Crippen LogP) is 2.07. The van der Waals surface area contributed by atoms with Crippen molar-refractivity contribution in [1.82, 2.24) is 10.6 Å². The molecule has 1 atom stereocenters. The molecule has 1 rings (SSSR count). The van der Waals surface area contributed by atoms with E-state index < -0.39 is 6.10 Å². The summed E-state index contributed by atoms with van der Waals surface area (Å²) in [5, 5.41) is 16.2. The number of aliphatic imine (C=N–C) groups is 1.